The normalized spacial score (nSPS) is 15.9. The van der Waals surface area contributed by atoms with Crippen LogP contribution < -0.4 is 11.1 Å². The van der Waals surface area contributed by atoms with Crippen LogP contribution in [0.2, 0.25) is 0 Å². The summed E-state index contributed by atoms with van der Waals surface area (Å²) in [6.45, 7) is 1.26. The van der Waals surface area contributed by atoms with Crippen LogP contribution >= 0.6 is 0 Å². The van der Waals surface area contributed by atoms with Gasteiger partial charge >= 0.3 is 6.18 Å². The van der Waals surface area contributed by atoms with Crippen LogP contribution in [-0.2, 0) is 21.0 Å². The number of benzene rings is 2. The minimum absolute atomic E-state index is 0.0767. The van der Waals surface area contributed by atoms with Gasteiger partial charge in [0.1, 0.15) is 5.82 Å². The molecule has 1 saturated heterocycles. The summed E-state index contributed by atoms with van der Waals surface area (Å²) < 4.78 is 79.5. The maximum atomic E-state index is 14.0. The third-order valence-corrected chi connectivity index (χ3v) is 7.41. The lowest BCUT2D eigenvalue weighted by Crippen LogP contribution is -2.41. The van der Waals surface area contributed by atoms with Crippen molar-refractivity contribution >= 4 is 27.5 Å². The Labute approximate surface area is 187 Å². The molecule has 2 aromatic rings. The topological polar surface area (TPSA) is 110 Å². The molecule has 1 heterocycles. The number of rotatable bonds is 5. The zero-order chi connectivity index (χ0) is 24.6. The fraction of sp³-hybridized carbons (Fsp3) is 0.333. The molecule has 0 aromatic heterocycles. The zero-order valence-electron chi connectivity index (χ0n) is 17.4. The number of nitrogens with one attached hydrogen (secondary N) is 1. The number of carbonyl (C=O) groups excluding carboxylic acids is 2. The predicted octanol–water partition coefficient (Wildman–Crippen LogP) is 3.29. The van der Waals surface area contributed by atoms with Crippen molar-refractivity contribution in [2.24, 2.45) is 11.7 Å². The van der Waals surface area contributed by atoms with Crippen molar-refractivity contribution in [3.05, 3.63) is 58.9 Å². The van der Waals surface area contributed by atoms with E-state index in [2.05, 4.69) is 5.32 Å². The molecule has 0 spiro atoms. The molecule has 2 amide bonds. The van der Waals surface area contributed by atoms with Crippen LogP contribution in [0.1, 0.15) is 34.3 Å². The van der Waals surface area contributed by atoms with Crippen LogP contribution in [0.25, 0.3) is 0 Å². The van der Waals surface area contributed by atoms with E-state index in [1.54, 1.807) is 0 Å². The standard InChI is InChI=1S/C21H21F4N3O4S/c1-12-17(22)9-14(19(26)29)10-18(12)27-20(30)13-5-7-28(8-6-13)33(31,32)16-4-2-3-15(11-16)21(23,24)25/h2-4,9-11,13H,5-8H2,1H3,(H2,26,29)(H,27,30). The number of halogens is 4. The van der Waals surface area contributed by atoms with E-state index < -0.39 is 50.2 Å². The molecular weight excluding hydrogens is 466 g/mol. The van der Waals surface area contributed by atoms with Crippen molar-refractivity contribution in [2.75, 3.05) is 18.4 Å². The Balaban J connectivity index is 1.70. The molecule has 7 nitrogen and oxygen atoms in total. The highest BCUT2D eigenvalue weighted by Crippen LogP contribution is 2.32. The number of anilines is 1. The van der Waals surface area contributed by atoms with E-state index in [0.717, 1.165) is 28.6 Å². The second-order valence-electron chi connectivity index (χ2n) is 7.69. The van der Waals surface area contributed by atoms with Gasteiger partial charge in [-0.3, -0.25) is 9.59 Å². The molecule has 1 aliphatic rings. The average Bonchev–Trinajstić information content (AvgIpc) is 2.76. The number of piperidine rings is 1. The van der Waals surface area contributed by atoms with E-state index in [9.17, 15) is 35.6 Å². The lowest BCUT2D eigenvalue weighted by atomic mass is 9.97. The fourth-order valence-corrected chi connectivity index (χ4v) is 5.04. The molecular formula is C21H21F4N3O4S. The lowest BCUT2D eigenvalue weighted by molar-refractivity contribution is -0.137. The molecule has 33 heavy (non-hydrogen) atoms. The number of amides is 2. The molecule has 3 N–H and O–H groups in total. The highest BCUT2D eigenvalue weighted by Gasteiger charge is 2.35. The first-order chi connectivity index (χ1) is 15.3. The Bertz CT molecular complexity index is 1190. The second kappa shape index (κ2) is 9.10. The summed E-state index contributed by atoms with van der Waals surface area (Å²) >= 11 is 0. The second-order valence-corrected chi connectivity index (χ2v) is 9.63. The highest BCUT2D eigenvalue weighted by molar-refractivity contribution is 7.89. The quantitative estimate of drug-likeness (QED) is 0.631. The summed E-state index contributed by atoms with van der Waals surface area (Å²) in [6, 6.07) is 5.70. The van der Waals surface area contributed by atoms with E-state index in [0.29, 0.717) is 6.07 Å². The van der Waals surface area contributed by atoms with Crippen LogP contribution in [0, 0.1) is 18.7 Å². The monoisotopic (exact) mass is 487 g/mol. The number of hydrogen-bond donors (Lipinski definition) is 2. The Morgan fingerprint density at radius 3 is 2.33 bits per heavy atom. The van der Waals surface area contributed by atoms with Gasteiger partial charge in [0.15, 0.2) is 0 Å². The molecule has 0 aliphatic carbocycles. The molecule has 0 saturated carbocycles. The summed E-state index contributed by atoms with van der Waals surface area (Å²) in [5, 5.41) is 2.55. The van der Waals surface area contributed by atoms with E-state index >= 15 is 0 Å². The van der Waals surface area contributed by atoms with Gasteiger partial charge in [0.25, 0.3) is 0 Å². The molecule has 0 radical (unpaired) electrons. The van der Waals surface area contributed by atoms with Crippen molar-refractivity contribution in [3.63, 3.8) is 0 Å². The highest BCUT2D eigenvalue weighted by atomic mass is 32.2. The molecule has 178 valence electrons. The van der Waals surface area contributed by atoms with E-state index in [1.165, 1.54) is 13.0 Å². The Morgan fingerprint density at radius 2 is 1.76 bits per heavy atom. The maximum absolute atomic E-state index is 14.0. The Morgan fingerprint density at radius 1 is 1.12 bits per heavy atom. The summed E-state index contributed by atoms with van der Waals surface area (Å²) in [5.41, 5.74) is 4.17. The van der Waals surface area contributed by atoms with Gasteiger partial charge < -0.3 is 11.1 Å². The van der Waals surface area contributed by atoms with Crippen LogP contribution in [0.5, 0.6) is 0 Å². The van der Waals surface area contributed by atoms with Crippen molar-refractivity contribution in [2.45, 2.75) is 30.8 Å². The van der Waals surface area contributed by atoms with Crippen LogP contribution in [0.15, 0.2) is 41.3 Å². The third kappa shape index (κ3) is 5.33. The SMILES string of the molecule is Cc1c(F)cc(C(N)=O)cc1NC(=O)C1CCN(S(=O)(=O)c2cccc(C(F)(F)F)c2)CC1. The van der Waals surface area contributed by atoms with Gasteiger partial charge in [-0.25, -0.2) is 12.8 Å². The van der Waals surface area contributed by atoms with Crippen molar-refractivity contribution in [1.29, 1.82) is 0 Å². The summed E-state index contributed by atoms with van der Waals surface area (Å²) in [6.07, 6.45) is -4.46. The Kier molecular flexibility index (Phi) is 6.80. The van der Waals surface area contributed by atoms with E-state index in [4.69, 9.17) is 5.73 Å². The van der Waals surface area contributed by atoms with Gasteiger partial charge in [-0.15, -0.1) is 0 Å². The lowest BCUT2D eigenvalue weighted by Gasteiger charge is -2.30. The van der Waals surface area contributed by atoms with Gasteiger partial charge in [-0.05, 0) is 50.1 Å². The van der Waals surface area contributed by atoms with E-state index in [-0.39, 0.29) is 42.7 Å². The average molecular weight is 487 g/mol. The van der Waals surface area contributed by atoms with Crippen LogP contribution in [-0.4, -0.2) is 37.6 Å². The van der Waals surface area contributed by atoms with Crippen molar-refractivity contribution in [3.8, 4) is 0 Å². The fourth-order valence-electron chi connectivity index (χ4n) is 3.53. The van der Waals surface area contributed by atoms with Gasteiger partial charge in [-0.2, -0.15) is 17.5 Å². The van der Waals surface area contributed by atoms with Gasteiger partial charge in [0.05, 0.1) is 10.5 Å². The van der Waals surface area contributed by atoms with Crippen LogP contribution in [0.3, 0.4) is 0 Å². The van der Waals surface area contributed by atoms with Gasteiger partial charge in [0, 0.05) is 35.8 Å². The maximum Gasteiger partial charge on any atom is 0.416 e. The molecule has 2 aromatic carbocycles. The summed E-state index contributed by atoms with van der Waals surface area (Å²) in [4.78, 5) is 23.5. The predicted molar refractivity (Wildman–Crippen MR) is 111 cm³/mol. The molecule has 3 rings (SSSR count). The number of hydrogen-bond acceptors (Lipinski definition) is 4. The Hall–Kier alpha value is -2.99. The molecule has 0 unspecified atom stereocenters. The minimum atomic E-state index is -4.68. The summed E-state index contributed by atoms with van der Waals surface area (Å²) in [5.74, 6) is -2.69. The smallest absolute Gasteiger partial charge is 0.366 e. The molecule has 0 bridgehead atoms. The molecule has 12 heteroatoms. The number of sulfonamides is 1. The van der Waals surface area contributed by atoms with E-state index in [1.807, 2.05) is 0 Å². The number of nitrogens with zero attached hydrogens (tertiary/aromatic N) is 1. The summed E-state index contributed by atoms with van der Waals surface area (Å²) in [7, 11) is -4.18. The molecule has 1 fully saturated rings. The largest absolute Gasteiger partial charge is 0.416 e. The minimum Gasteiger partial charge on any atom is -0.366 e. The van der Waals surface area contributed by atoms with Gasteiger partial charge in [0.2, 0.25) is 21.8 Å². The number of primary amides is 1. The first-order valence-corrected chi connectivity index (χ1v) is 11.3. The zero-order valence-corrected chi connectivity index (χ0v) is 18.3. The molecule has 0 atom stereocenters. The third-order valence-electron chi connectivity index (χ3n) is 5.51. The van der Waals surface area contributed by atoms with Gasteiger partial charge in [-0.1, -0.05) is 6.07 Å². The first-order valence-electron chi connectivity index (χ1n) is 9.89. The molecule has 1 aliphatic heterocycles. The number of carbonyl (C=O) groups is 2. The van der Waals surface area contributed by atoms with Crippen LogP contribution in [0.4, 0.5) is 23.2 Å². The first kappa shape index (κ1) is 24.6. The van der Waals surface area contributed by atoms with Crippen molar-refractivity contribution in [1.82, 2.24) is 4.31 Å². The van der Waals surface area contributed by atoms with Crippen molar-refractivity contribution < 1.29 is 35.6 Å². The number of nitrogens with two attached hydrogens (primary N) is 1. The number of alkyl halides is 3.